The van der Waals surface area contributed by atoms with Gasteiger partial charge in [0.2, 0.25) is 5.91 Å². The first-order valence-corrected chi connectivity index (χ1v) is 15.7. The minimum atomic E-state index is -0.958. The Labute approximate surface area is 267 Å². The number of aryl methyl sites for hydroxylation is 2. The van der Waals surface area contributed by atoms with Crippen molar-refractivity contribution in [3.05, 3.63) is 113 Å². The van der Waals surface area contributed by atoms with Gasteiger partial charge in [-0.15, -0.1) is 0 Å². The van der Waals surface area contributed by atoms with Crippen molar-refractivity contribution in [2.45, 2.75) is 78.5 Å². The van der Waals surface area contributed by atoms with Crippen molar-refractivity contribution in [3.63, 3.8) is 0 Å². The van der Waals surface area contributed by atoms with Crippen molar-refractivity contribution < 1.29 is 19.1 Å². The van der Waals surface area contributed by atoms with E-state index >= 15 is 0 Å². The first kappa shape index (κ1) is 33.2. The van der Waals surface area contributed by atoms with Crippen LogP contribution in [-0.2, 0) is 20.7 Å². The van der Waals surface area contributed by atoms with Crippen LogP contribution in [0.2, 0.25) is 0 Å². The number of carbonyl (C=O) groups excluding carboxylic acids is 3. The Balaban J connectivity index is 1.76. The highest BCUT2D eigenvalue weighted by Crippen LogP contribution is 2.29. The molecule has 3 amide bonds. The fraction of sp³-hybridized carbons (Fsp3) is 0.342. The molecule has 4 aromatic carbocycles. The molecule has 7 heteroatoms. The van der Waals surface area contributed by atoms with E-state index in [1.54, 1.807) is 25.7 Å². The predicted octanol–water partition coefficient (Wildman–Crippen LogP) is 7.90. The maximum absolute atomic E-state index is 14.7. The summed E-state index contributed by atoms with van der Waals surface area (Å²) in [5.74, 6) is -0.672. The summed E-state index contributed by atoms with van der Waals surface area (Å²) in [7, 11) is 0. The van der Waals surface area contributed by atoms with Gasteiger partial charge in [-0.25, -0.2) is 4.79 Å². The summed E-state index contributed by atoms with van der Waals surface area (Å²) in [6.45, 7) is 11.7. The van der Waals surface area contributed by atoms with Crippen LogP contribution in [0.5, 0.6) is 0 Å². The lowest BCUT2D eigenvalue weighted by Gasteiger charge is -2.35. The van der Waals surface area contributed by atoms with E-state index in [4.69, 9.17) is 4.74 Å². The van der Waals surface area contributed by atoms with Crippen LogP contribution in [0.15, 0.2) is 91.0 Å². The van der Waals surface area contributed by atoms with Crippen molar-refractivity contribution >= 4 is 34.4 Å². The second-order valence-corrected chi connectivity index (χ2v) is 12.6. The number of ether oxygens (including phenoxy) is 1. The van der Waals surface area contributed by atoms with E-state index in [2.05, 4.69) is 10.6 Å². The van der Waals surface area contributed by atoms with Crippen LogP contribution in [0.1, 0.15) is 68.8 Å². The smallest absolute Gasteiger partial charge is 0.408 e. The first-order chi connectivity index (χ1) is 21.4. The number of rotatable bonds is 11. The Morgan fingerprint density at radius 1 is 0.844 bits per heavy atom. The topological polar surface area (TPSA) is 87.7 Å². The Morgan fingerprint density at radius 2 is 1.53 bits per heavy atom. The zero-order valence-electron chi connectivity index (χ0n) is 27.2. The Bertz CT molecular complexity index is 1630. The number of fused-ring (bicyclic) bond motifs is 1. The molecule has 4 aromatic rings. The number of anilines is 1. The van der Waals surface area contributed by atoms with Gasteiger partial charge in [0.05, 0.1) is 0 Å². The zero-order valence-corrected chi connectivity index (χ0v) is 27.2. The monoisotopic (exact) mass is 607 g/mol. The number of nitrogens with zero attached hydrogens (tertiary/aromatic N) is 1. The third-order valence-corrected chi connectivity index (χ3v) is 7.60. The van der Waals surface area contributed by atoms with Crippen LogP contribution in [-0.4, -0.2) is 41.0 Å². The van der Waals surface area contributed by atoms with E-state index in [9.17, 15) is 14.4 Å². The largest absolute Gasteiger partial charge is 0.444 e. The number of nitrogens with one attached hydrogen (secondary N) is 2. The van der Waals surface area contributed by atoms with Gasteiger partial charge in [0.15, 0.2) is 0 Å². The number of unbranched alkanes of at least 4 members (excludes halogenated alkanes) is 1. The maximum atomic E-state index is 14.7. The van der Waals surface area contributed by atoms with Gasteiger partial charge in [0.25, 0.3) is 5.91 Å². The number of carbonyl (C=O) groups is 3. The molecule has 0 bridgehead atoms. The van der Waals surface area contributed by atoms with Gasteiger partial charge in [-0.05, 0) is 80.6 Å². The summed E-state index contributed by atoms with van der Waals surface area (Å²) in [5.41, 5.74) is 3.48. The third kappa shape index (κ3) is 9.17. The van der Waals surface area contributed by atoms with Crippen LogP contribution >= 0.6 is 0 Å². The SMILES string of the molecule is CCCCN(C(=O)C(Cc1ccccc1)NC(=O)OC(C)(C)C)C(C(=O)Nc1ccc2ccccc2c1)c1ccc(C)cc1C. The molecule has 0 heterocycles. The molecule has 0 radical (unpaired) electrons. The minimum Gasteiger partial charge on any atom is -0.444 e. The van der Waals surface area contributed by atoms with Crippen molar-refractivity contribution in [1.29, 1.82) is 0 Å². The van der Waals surface area contributed by atoms with Gasteiger partial charge in [-0.1, -0.05) is 97.8 Å². The van der Waals surface area contributed by atoms with Crippen LogP contribution in [0, 0.1) is 13.8 Å². The summed E-state index contributed by atoms with van der Waals surface area (Å²) in [4.78, 5) is 43.7. The number of benzene rings is 4. The van der Waals surface area contributed by atoms with E-state index in [-0.39, 0.29) is 18.2 Å². The molecule has 236 valence electrons. The van der Waals surface area contributed by atoms with Gasteiger partial charge in [0.1, 0.15) is 17.7 Å². The molecule has 2 unspecified atom stereocenters. The van der Waals surface area contributed by atoms with E-state index in [0.717, 1.165) is 39.4 Å². The van der Waals surface area contributed by atoms with E-state index in [0.29, 0.717) is 18.7 Å². The van der Waals surface area contributed by atoms with Gasteiger partial charge in [0, 0.05) is 18.7 Å². The Hall–Kier alpha value is -4.65. The lowest BCUT2D eigenvalue weighted by atomic mass is 9.95. The lowest BCUT2D eigenvalue weighted by Crippen LogP contribution is -2.53. The van der Waals surface area contributed by atoms with Gasteiger partial charge >= 0.3 is 6.09 Å². The minimum absolute atomic E-state index is 0.243. The molecule has 0 saturated heterocycles. The molecule has 45 heavy (non-hydrogen) atoms. The molecule has 4 rings (SSSR count). The van der Waals surface area contributed by atoms with Crippen molar-refractivity contribution in [2.24, 2.45) is 0 Å². The summed E-state index contributed by atoms with van der Waals surface area (Å²) in [6.07, 6.45) is 1.06. The Morgan fingerprint density at radius 3 is 2.20 bits per heavy atom. The Kier molecular flexibility index (Phi) is 11.0. The van der Waals surface area contributed by atoms with Crippen molar-refractivity contribution in [1.82, 2.24) is 10.2 Å². The highest BCUT2D eigenvalue weighted by atomic mass is 16.6. The van der Waals surface area contributed by atoms with Crippen molar-refractivity contribution in [2.75, 3.05) is 11.9 Å². The van der Waals surface area contributed by atoms with Crippen LogP contribution in [0.25, 0.3) is 10.8 Å². The summed E-state index contributed by atoms with van der Waals surface area (Å²) in [5, 5.41) is 8.00. The number of amides is 3. The molecule has 0 aliphatic carbocycles. The van der Waals surface area contributed by atoms with Crippen LogP contribution < -0.4 is 10.6 Å². The molecule has 0 saturated carbocycles. The molecule has 0 spiro atoms. The fourth-order valence-electron chi connectivity index (χ4n) is 5.46. The highest BCUT2D eigenvalue weighted by molar-refractivity contribution is 6.00. The molecule has 2 N–H and O–H groups in total. The average Bonchev–Trinajstić information content (AvgIpc) is 2.98. The zero-order chi connectivity index (χ0) is 32.6. The number of hydrogen-bond acceptors (Lipinski definition) is 4. The van der Waals surface area contributed by atoms with Crippen molar-refractivity contribution in [3.8, 4) is 0 Å². The molecular weight excluding hydrogens is 562 g/mol. The van der Waals surface area contributed by atoms with E-state index in [1.165, 1.54) is 0 Å². The highest BCUT2D eigenvalue weighted by Gasteiger charge is 2.37. The van der Waals surface area contributed by atoms with E-state index in [1.807, 2.05) is 112 Å². The lowest BCUT2D eigenvalue weighted by molar-refractivity contribution is -0.140. The first-order valence-electron chi connectivity index (χ1n) is 15.7. The summed E-state index contributed by atoms with van der Waals surface area (Å²) < 4.78 is 5.56. The van der Waals surface area contributed by atoms with Gasteiger partial charge < -0.3 is 20.3 Å². The van der Waals surface area contributed by atoms with E-state index < -0.39 is 23.8 Å². The van der Waals surface area contributed by atoms with Gasteiger partial charge in [-0.2, -0.15) is 0 Å². The predicted molar refractivity (Wildman–Crippen MR) is 181 cm³/mol. The molecule has 2 atom stereocenters. The standard InChI is InChI=1S/C38H45N3O4/c1-7-8-22-41(36(43)33(24-28-14-10-9-11-15-28)40-37(44)45-38(4,5)6)34(32-21-18-26(2)23-27(32)3)35(42)39-31-20-19-29-16-12-13-17-30(29)25-31/h9-21,23,25,33-34H,7-8,22,24H2,1-6H3,(H,39,42)(H,40,44). The molecule has 0 fully saturated rings. The maximum Gasteiger partial charge on any atom is 0.408 e. The molecule has 0 aromatic heterocycles. The second kappa shape index (κ2) is 14.9. The normalized spacial score (nSPS) is 12.7. The summed E-state index contributed by atoms with van der Waals surface area (Å²) in [6, 6.07) is 27.3. The third-order valence-electron chi connectivity index (χ3n) is 7.60. The number of hydrogen-bond donors (Lipinski definition) is 2. The van der Waals surface area contributed by atoms with Gasteiger partial charge in [-0.3, -0.25) is 9.59 Å². The molecular formula is C38H45N3O4. The average molecular weight is 608 g/mol. The van der Waals surface area contributed by atoms with Crippen LogP contribution in [0.4, 0.5) is 10.5 Å². The quantitative estimate of drug-likeness (QED) is 0.181. The number of alkyl carbamates (subject to hydrolysis) is 1. The van der Waals surface area contributed by atoms with Crippen LogP contribution in [0.3, 0.4) is 0 Å². The molecule has 0 aliphatic heterocycles. The fourth-order valence-corrected chi connectivity index (χ4v) is 5.46. The molecule has 7 nitrogen and oxygen atoms in total. The molecule has 0 aliphatic rings. The second-order valence-electron chi connectivity index (χ2n) is 12.6. The summed E-state index contributed by atoms with van der Waals surface area (Å²) >= 11 is 0.